The number of benzene rings is 1. The second-order valence-electron chi connectivity index (χ2n) is 2.81. The average molecular weight is 232 g/mol. The Bertz CT molecular complexity index is 293. The minimum Gasteiger partial charge on any atom is -0.384 e. The maximum atomic E-state index is 6.07. The van der Waals surface area contributed by atoms with Crippen LogP contribution in [0.25, 0.3) is 0 Å². The van der Waals surface area contributed by atoms with E-state index in [4.69, 9.17) is 22.1 Å². The first-order chi connectivity index (χ1) is 6.77. The Morgan fingerprint density at radius 3 is 2.86 bits per heavy atom. The highest BCUT2D eigenvalue weighted by Crippen LogP contribution is 2.27. The van der Waals surface area contributed by atoms with Crippen LogP contribution in [0.15, 0.2) is 23.1 Å². The summed E-state index contributed by atoms with van der Waals surface area (Å²) in [5.41, 5.74) is 6.57. The van der Waals surface area contributed by atoms with Crippen LogP contribution in [0.5, 0.6) is 0 Å². The van der Waals surface area contributed by atoms with Gasteiger partial charge < -0.3 is 10.5 Å². The molecule has 2 nitrogen and oxygen atoms in total. The number of thioether (sulfide) groups is 1. The van der Waals surface area contributed by atoms with Gasteiger partial charge in [-0.1, -0.05) is 17.7 Å². The number of rotatable bonds is 5. The molecule has 4 heteroatoms. The fourth-order valence-corrected chi connectivity index (χ4v) is 2.22. The average Bonchev–Trinajstić information content (AvgIpc) is 2.20. The summed E-state index contributed by atoms with van der Waals surface area (Å²) in [6.45, 7) is 1.27. The van der Waals surface area contributed by atoms with Gasteiger partial charge in [-0.15, -0.1) is 11.8 Å². The Hall–Kier alpha value is -0.220. The molecule has 0 aliphatic heterocycles. The zero-order chi connectivity index (χ0) is 10.4. The van der Waals surface area contributed by atoms with Crippen LogP contribution in [-0.4, -0.2) is 19.5 Å². The van der Waals surface area contributed by atoms with Crippen LogP contribution < -0.4 is 5.73 Å². The van der Waals surface area contributed by atoms with Crippen LogP contribution in [0, 0.1) is 0 Å². The summed E-state index contributed by atoms with van der Waals surface area (Å²) in [5.74, 6) is 0.915. The number of hydrogen-bond acceptors (Lipinski definition) is 3. The van der Waals surface area contributed by atoms with Crippen molar-refractivity contribution in [3.8, 4) is 0 Å². The smallest absolute Gasteiger partial charge is 0.0556 e. The van der Waals surface area contributed by atoms with Gasteiger partial charge >= 0.3 is 0 Å². The molecule has 0 heterocycles. The fraction of sp³-hybridized carbons (Fsp3) is 0.400. The van der Waals surface area contributed by atoms with Gasteiger partial charge in [0.15, 0.2) is 0 Å². The SMILES string of the molecule is COCCSc1ccc(CN)cc1Cl. The van der Waals surface area contributed by atoms with E-state index in [9.17, 15) is 0 Å². The molecule has 0 unspecified atom stereocenters. The topological polar surface area (TPSA) is 35.2 Å². The molecule has 0 atom stereocenters. The van der Waals surface area contributed by atoms with E-state index < -0.39 is 0 Å². The molecule has 2 N–H and O–H groups in total. The van der Waals surface area contributed by atoms with Crippen LogP contribution >= 0.6 is 23.4 Å². The van der Waals surface area contributed by atoms with E-state index >= 15 is 0 Å². The van der Waals surface area contributed by atoms with Gasteiger partial charge in [-0.3, -0.25) is 0 Å². The lowest BCUT2D eigenvalue weighted by Gasteiger charge is -2.05. The number of methoxy groups -OCH3 is 1. The molecular formula is C10H14ClNOS. The van der Waals surface area contributed by atoms with Crippen molar-refractivity contribution in [1.82, 2.24) is 0 Å². The highest BCUT2D eigenvalue weighted by molar-refractivity contribution is 7.99. The molecule has 0 aliphatic rings. The van der Waals surface area contributed by atoms with Crippen molar-refractivity contribution in [2.45, 2.75) is 11.4 Å². The number of ether oxygens (including phenoxy) is 1. The summed E-state index contributed by atoms with van der Waals surface area (Å²) in [4.78, 5) is 1.08. The Balaban J connectivity index is 2.59. The zero-order valence-corrected chi connectivity index (χ0v) is 9.70. The Labute approximate surface area is 93.8 Å². The van der Waals surface area contributed by atoms with E-state index in [1.165, 1.54) is 0 Å². The Kier molecular flexibility index (Phi) is 5.33. The monoisotopic (exact) mass is 231 g/mol. The van der Waals surface area contributed by atoms with E-state index in [0.29, 0.717) is 6.54 Å². The first-order valence-corrected chi connectivity index (χ1v) is 5.74. The maximum Gasteiger partial charge on any atom is 0.0556 e. The summed E-state index contributed by atoms with van der Waals surface area (Å²) < 4.78 is 4.96. The van der Waals surface area contributed by atoms with Crippen LogP contribution in [0.1, 0.15) is 5.56 Å². The van der Waals surface area contributed by atoms with Crippen LogP contribution in [0.3, 0.4) is 0 Å². The van der Waals surface area contributed by atoms with Crippen molar-refractivity contribution >= 4 is 23.4 Å². The molecule has 78 valence electrons. The molecule has 0 aromatic heterocycles. The van der Waals surface area contributed by atoms with Gasteiger partial charge in [0.25, 0.3) is 0 Å². The van der Waals surface area contributed by atoms with E-state index in [1.54, 1.807) is 18.9 Å². The lowest BCUT2D eigenvalue weighted by Crippen LogP contribution is -1.96. The van der Waals surface area contributed by atoms with Crippen LogP contribution in [0.2, 0.25) is 5.02 Å². The van der Waals surface area contributed by atoms with Crippen molar-refractivity contribution in [2.75, 3.05) is 19.5 Å². The van der Waals surface area contributed by atoms with Crippen LogP contribution in [-0.2, 0) is 11.3 Å². The third kappa shape index (κ3) is 3.50. The van der Waals surface area contributed by atoms with Gasteiger partial charge in [-0.25, -0.2) is 0 Å². The summed E-state index contributed by atoms with van der Waals surface area (Å²) in [6.07, 6.45) is 0. The third-order valence-electron chi connectivity index (χ3n) is 1.78. The molecule has 14 heavy (non-hydrogen) atoms. The summed E-state index contributed by atoms with van der Waals surface area (Å²) in [6, 6.07) is 5.92. The summed E-state index contributed by atoms with van der Waals surface area (Å²) in [7, 11) is 1.69. The molecule has 0 spiro atoms. The van der Waals surface area contributed by atoms with E-state index in [2.05, 4.69) is 0 Å². The fourth-order valence-electron chi connectivity index (χ4n) is 1.02. The highest BCUT2D eigenvalue weighted by atomic mass is 35.5. The number of halogens is 1. The van der Waals surface area contributed by atoms with Crippen molar-refractivity contribution < 1.29 is 4.74 Å². The minimum absolute atomic E-state index is 0.530. The quantitative estimate of drug-likeness (QED) is 0.625. The predicted molar refractivity (Wildman–Crippen MR) is 61.9 cm³/mol. The van der Waals surface area contributed by atoms with E-state index in [-0.39, 0.29) is 0 Å². The van der Waals surface area contributed by atoms with Gasteiger partial charge in [0.05, 0.1) is 11.6 Å². The Morgan fingerprint density at radius 1 is 1.50 bits per heavy atom. The van der Waals surface area contributed by atoms with Crippen molar-refractivity contribution in [1.29, 1.82) is 0 Å². The molecule has 0 aliphatic carbocycles. The predicted octanol–water partition coefficient (Wildman–Crippen LogP) is 2.54. The normalized spacial score (nSPS) is 10.5. The second kappa shape index (κ2) is 6.30. The molecule has 1 aromatic rings. The second-order valence-corrected chi connectivity index (χ2v) is 4.35. The zero-order valence-electron chi connectivity index (χ0n) is 8.13. The first kappa shape index (κ1) is 11.9. The molecule has 0 saturated carbocycles. The third-order valence-corrected chi connectivity index (χ3v) is 3.24. The van der Waals surface area contributed by atoms with Crippen molar-refractivity contribution in [3.63, 3.8) is 0 Å². The van der Waals surface area contributed by atoms with E-state index in [1.807, 2.05) is 18.2 Å². The molecular weight excluding hydrogens is 218 g/mol. The van der Waals surface area contributed by atoms with Gasteiger partial charge in [-0.2, -0.15) is 0 Å². The summed E-state index contributed by atoms with van der Waals surface area (Å²) >= 11 is 7.76. The molecule has 1 aromatic carbocycles. The van der Waals surface area contributed by atoms with E-state index in [0.717, 1.165) is 27.8 Å². The molecule has 0 fully saturated rings. The first-order valence-electron chi connectivity index (χ1n) is 4.38. The maximum absolute atomic E-state index is 6.07. The van der Waals surface area contributed by atoms with Crippen molar-refractivity contribution in [2.24, 2.45) is 5.73 Å². The molecule has 0 radical (unpaired) electrons. The number of nitrogens with two attached hydrogens (primary N) is 1. The molecule has 1 rings (SSSR count). The largest absolute Gasteiger partial charge is 0.384 e. The van der Waals surface area contributed by atoms with Gasteiger partial charge in [-0.05, 0) is 17.7 Å². The van der Waals surface area contributed by atoms with Gasteiger partial charge in [0.1, 0.15) is 0 Å². The van der Waals surface area contributed by atoms with Gasteiger partial charge in [0.2, 0.25) is 0 Å². The minimum atomic E-state index is 0.530. The molecule has 0 saturated heterocycles. The molecule has 0 amide bonds. The Morgan fingerprint density at radius 2 is 2.29 bits per heavy atom. The standard InChI is InChI=1S/C10H14ClNOS/c1-13-4-5-14-10-3-2-8(7-12)6-9(10)11/h2-3,6H,4-5,7,12H2,1H3. The highest BCUT2D eigenvalue weighted by Gasteiger charge is 2.01. The number of hydrogen-bond donors (Lipinski definition) is 1. The lowest BCUT2D eigenvalue weighted by molar-refractivity contribution is 0.218. The molecule has 0 bridgehead atoms. The van der Waals surface area contributed by atoms with Crippen LogP contribution in [0.4, 0.5) is 0 Å². The summed E-state index contributed by atoms with van der Waals surface area (Å²) in [5, 5.41) is 0.772. The van der Waals surface area contributed by atoms with Crippen molar-refractivity contribution in [3.05, 3.63) is 28.8 Å². The lowest BCUT2D eigenvalue weighted by atomic mass is 10.2. The van der Waals surface area contributed by atoms with Gasteiger partial charge in [0, 0.05) is 24.3 Å².